The van der Waals surface area contributed by atoms with Crippen molar-refractivity contribution in [2.45, 2.75) is 6.54 Å². The highest BCUT2D eigenvalue weighted by Gasteiger charge is 2.06. The number of ether oxygens (including phenoxy) is 1. The minimum atomic E-state index is 0.691. The van der Waals surface area contributed by atoms with E-state index < -0.39 is 0 Å². The first kappa shape index (κ1) is 13.0. The van der Waals surface area contributed by atoms with Crippen LogP contribution >= 0.6 is 0 Å². The summed E-state index contributed by atoms with van der Waals surface area (Å²) < 4.78 is 5.22. The van der Waals surface area contributed by atoms with Crippen LogP contribution in [0.2, 0.25) is 0 Å². The van der Waals surface area contributed by atoms with Crippen LogP contribution in [0.3, 0.4) is 0 Å². The monoisotopic (exact) mass is 252 g/mol. The summed E-state index contributed by atoms with van der Waals surface area (Å²) in [5, 5.41) is 9.10. The summed E-state index contributed by atoms with van der Waals surface area (Å²) in [6.45, 7) is 0.691. The molecule has 0 fully saturated rings. The Balaban J connectivity index is 2.21. The highest BCUT2D eigenvalue weighted by molar-refractivity contribution is 5.51. The van der Waals surface area contributed by atoms with Crippen molar-refractivity contribution in [3.63, 3.8) is 0 Å². The quantitative estimate of drug-likeness (QED) is 0.838. The first-order valence-corrected chi connectivity index (χ1v) is 6.08. The van der Waals surface area contributed by atoms with Crippen molar-refractivity contribution in [2.75, 3.05) is 19.1 Å². The van der Waals surface area contributed by atoms with Crippen LogP contribution in [0.5, 0.6) is 5.75 Å². The van der Waals surface area contributed by atoms with E-state index in [2.05, 4.69) is 11.0 Å². The fraction of sp³-hybridized carbons (Fsp3) is 0.188. The number of nitriles is 1. The van der Waals surface area contributed by atoms with Gasteiger partial charge in [0.1, 0.15) is 5.75 Å². The second-order valence-corrected chi connectivity index (χ2v) is 4.33. The van der Waals surface area contributed by atoms with Crippen LogP contribution in [0, 0.1) is 11.3 Å². The fourth-order valence-electron chi connectivity index (χ4n) is 1.96. The van der Waals surface area contributed by atoms with Gasteiger partial charge in [-0.3, -0.25) is 0 Å². The maximum atomic E-state index is 9.10. The second-order valence-electron chi connectivity index (χ2n) is 4.33. The van der Waals surface area contributed by atoms with Crippen LogP contribution in [0.15, 0.2) is 48.5 Å². The topological polar surface area (TPSA) is 36.3 Å². The molecule has 0 spiro atoms. The van der Waals surface area contributed by atoms with Gasteiger partial charge in [-0.25, -0.2) is 0 Å². The summed E-state index contributed by atoms with van der Waals surface area (Å²) in [6.07, 6.45) is 0. The smallest absolute Gasteiger partial charge is 0.120 e. The van der Waals surface area contributed by atoms with Gasteiger partial charge in [0, 0.05) is 25.3 Å². The van der Waals surface area contributed by atoms with Gasteiger partial charge in [-0.05, 0) is 23.8 Å². The third-order valence-electron chi connectivity index (χ3n) is 3.04. The van der Waals surface area contributed by atoms with Crippen molar-refractivity contribution in [1.82, 2.24) is 0 Å². The van der Waals surface area contributed by atoms with Crippen molar-refractivity contribution in [3.05, 3.63) is 59.7 Å². The lowest BCUT2D eigenvalue weighted by molar-refractivity contribution is 0.415. The zero-order chi connectivity index (χ0) is 13.7. The minimum Gasteiger partial charge on any atom is -0.497 e. The van der Waals surface area contributed by atoms with Crippen LogP contribution in [0.25, 0.3) is 0 Å². The van der Waals surface area contributed by atoms with E-state index in [1.54, 1.807) is 7.11 Å². The van der Waals surface area contributed by atoms with Gasteiger partial charge in [0.25, 0.3) is 0 Å². The molecule has 0 bridgehead atoms. The number of anilines is 1. The fourth-order valence-corrected chi connectivity index (χ4v) is 1.96. The van der Waals surface area contributed by atoms with E-state index in [1.165, 1.54) is 0 Å². The van der Waals surface area contributed by atoms with Crippen molar-refractivity contribution in [3.8, 4) is 11.8 Å². The first-order chi connectivity index (χ1) is 9.24. The van der Waals surface area contributed by atoms with Crippen molar-refractivity contribution in [2.24, 2.45) is 0 Å². The normalized spacial score (nSPS) is 9.74. The lowest BCUT2D eigenvalue weighted by Crippen LogP contribution is -2.17. The van der Waals surface area contributed by atoms with Crippen LogP contribution in [-0.4, -0.2) is 14.2 Å². The third-order valence-corrected chi connectivity index (χ3v) is 3.04. The van der Waals surface area contributed by atoms with Gasteiger partial charge < -0.3 is 9.64 Å². The van der Waals surface area contributed by atoms with Gasteiger partial charge in [-0.1, -0.05) is 24.3 Å². The second kappa shape index (κ2) is 5.92. The Bertz CT molecular complexity index is 602. The average molecular weight is 252 g/mol. The van der Waals surface area contributed by atoms with Crippen molar-refractivity contribution >= 4 is 5.69 Å². The molecule has 3 nitrogen and oxygen atoms in total. The van der Waals surface area contributed by atoms with Gasteiger partial charge in [-0.15, -0.1) is 0 Å². The molecule has 0 heterocycles. The van der Waals surface area contributed by atoms with E-state index >= 15 is 0 Å². The predicted molar refractivity (Wildman–Crippen MR) is 76.3 cm³/mol. The molecule has 2 aromatic rings. The van der Waals surface area contributed by atoms with Crippen molar-refractivity contribution < 1.29 is 4.74 Å². The van der Waals surface area contributed by atoms with Crippen molar-refractivity contribution in [1.29, 1.82) is 5.26 Å². The molecule has 2 aromatic carbocycles. The molecule has 3 heteroatoms. The molecule has 19 heavy (non-hydrogen) atoms. The Morgan fingerprint density at radius 1 is 1.16 bits per heavy atom. The summed E-state index contributed by atoms with van der Waals surface area (Å²) in [5.74, 6) is 0.831. The Morgan fingerprint density at radius 3 is 2.68 bits per heavy atom. The van der Waals surface area contributed by atoms with Gasteiger partial charge in [0.2, 0.25) is 0 Å². The maximum Gasteiger partial charge on any atom is 0.120 e. The Labute approximate surface area is 113 Å². The SMILES string of the molecule is COc1cccc(N(C)Cc2ccccc2C#N)c1. The van der Waals surface area contributed by atoms with Gasteiger partial charge in [-0.2, -0.15) is 5.26 Å². The number of hydrogen-bond acceptors (Lipinski definition) is 3. The highest BCUT2D eigenvalue weighted by atomic mass is 16.5. The molecule has 0 N–H and O–H groups in total. The zero-order valence-electron chi connectivity index (χ0n) is 11.1. The highest BCUT2D eigenvalue weighted by Crippen LogP contribution is 2.22. The summed E-state index contributed by atoms with van der Waals surface area (Å²) in [6, 6.07) is 17.8. The Kier molecular flexibility index (Phi) is 4.04. The molecule has 0 saturated heterocycles. The molecule has 0 aromatic heterocycles. The number of nitrogens with zero attached hydrogens (tertiary/aromatic N) is 2. The van der Waals surface area contributed by atoms with Crippen LogP contribution in [0.4, 0.5) is 5.69 Å². The molecule has 0 saturated carbocycles. The van der Waals surface area contributed by atoms with Crippen LogP contribution < -0.4 is 9.64 Å². The summed E-state index contributed by atoms with van der Waals surface area (Å²) >= 11 is 0. The van der Waals surface area contributed by atoms with E-state index in [0.29, 0.717) is 6.54 Å². The lowest BCUT2D eigenvalue weighted by atomic mass is 10.1. The van der Waals surface area contributed by atoms with Crippen LogP contribution in [0.1, 0.15) is 11.1 Å². The molecular weight excluding hydrogens is 236 g/mol. The molecule has 96 valence electrons. The molecular formula is C16H16N2O. The van der Waals surface area contributed by atoms with E-state index in [4.69, 9.17) is 10.00 Å². The van der Waals surface area contributed by atoms with E-state index in [1.807, 2.05) is 55.6 Å². The van der Waals surface area contributed by atoms with E-state index in [9.17, 15) is 0 Å². The number of methoxy groups -OCH3 is 1. The van der Waals surface area contributed by atoms with Gasteiger partial charge in [0.15, 0.2) is 0 Å². The zero-order valence-corrected chi connectivity index (χ0v) is 11.1. The largest absolute Gasteiger partial charge is 0.497 e. The lowest BCUT2D eigenvalue weighted by Gasteiger charge is -2.20. The Hall–Kier alpha value is -2.47. The summed E-state index contributed by atoms with van der Waals surface area (Å²) in [5.41, 5.74) is 2.81. The summed E-state index contributed by atoms with van der Waals surface area (Å²) in [4.78, 5) is 2.10. The first-order valence-electron chi connectivity index (χ1n) is 6.08. The molecule has 0 aliphatic heterocycles. The predicted octanol–water partition coefficient (Wildman–Crippen LogP) is 3.20. The molecule has 0 amide bonds. The molecule has 0 radical (unpaired) electrons. The van der Waals surface area contributed by atoms with Gasteiger partial charge in [0.05, 0.1) is 18.7 Å². The number of rotatable bonds is 4. The molecule has 0 atom stereocenters. The molecule has 2 rings (SSSR count). The standard InChI is InChI=1S/C16H16N2O/c1-18(15-8-5-9-16(10-15)19-2)12-14-7-4-3-6-13(14)11-17/h3-10H,12H2,1-2H3. The molecule has 0 unspecified atom stereocenters. The maximum absolute atomic E-state index is 9.10. The average Bonchev–Trinajstić information content (AvgIpc) is 2.47. The van der Waals surface area contributed by atoms with E-state index in [-0.39, 0.29) is 0 Å². The number of benzene rings is 2. The summed E-state index contributed by atoms with van der Waals surface area (Å²) in [7, 11) is 3.66. The number of hydrogen-bond donors (Lipinski definition) is 0. The third kappa shape index (κ3) is 3.05. The van der Waals surface area contributed by atoms with Crippen LogP contribution in [-0.2, 0) is 6.54 Å². The molecule has 0 aliphatic rings. The van der Waals surface area contributed by atoms with E-state index in [0.717, 1.165) is 22.6 Å². The molecule has 0 aliphatic carbocycles. The van der Waals surface area contributed by atoms with Gasteiger partial charge >= 0.3 is 0 Å². The Morgan fingerprint density at radius 2 is 1.95 bits per heavy atom. The minimum absolute atomic E-state index is 0.691.